The summed E-state index contributed by atoms with van der Waals surface area (Å²) in [5.74, 6) is -0.172. The number of rotatable bonds is 6. The van der Waals surface area contributed by atoms with Crippen LogP contribution in [-0.2, 0) is 16.0 Å². The highest BCUT2D eigenvalue weighted by Crippen LogP contribution is 2.34. The number of methoxy groups -OCH3 is 1. The minimum absolute atomic E-state index is 0.172. The number of benzene rings is 4. The van der Waals surface area contributed by atoms with Crippen molar-refractivity contribution >= 4 is 28.5 Å². The fourth-order valence-electron chi connectivity index (χ4n) is 3.54. The van der Waals surface area contributed by atoms with Crippen molar-refractivity contribution in [3.63, 3.8) is 0 Å². The molecule has 0 aliphatic heterocycles. The highest BCUT2D eigenvalue weighted by atomic mass is 32.2. The van der Waals surface area contributed by atoms with Crippen LogP contribution in [0, 0.1) is 6.92 Å². The highest BCUT2D eigenvalue weighted by molar-refractivity contribution is 7.99. The standard InChI is InChI=1S/C27H24O2S/c1-19-7-13-25(30-24-14-8-20(9-15-24)10-16-27(28)29-2)18-26(19)23-12-11-21-5-3-4-6-22(21)17-23/h3-9,11-15,17-18H,10,16H2,1-2H3. The first-order valence-corrected chi connectivity index (χ1v) is 10.9. The Hall–Kier alpha value is -3.04. The van der Waals surface area contributed by atoms with Gasteiger partial charge >= 0.3 is 5.97 Å². The normalized spacial score (nSPS) is 10.9. The second kappa shape index (κ2) is 9.19. The van der Waals surface area contributed by atoms with Gasteiger partial charge in [0.2, 0.25) is 0 Å². The van der Waals surface area contributed by atoms with Gasteiger partial charge in [-0.2, -0.15) is 0 Å². The van der Waals surface area contributed by atoms with Gasteiger partial charge in [0.1, 0.15) is 0 Å². The summed E-state index contributed by atoms with van der Waals surface area (Å²) in [5.41, 5.74) is 4.92. The summed E-state index contributed by atoms with van der Waals surface area (Å²) in [6.07, 6.45) is 1.12. The van der Waals surface area contributed by atoms with Crippen LogP contribution in [0.3, 0.4) is 0 Å². The Morgan fingerprint density at radius 2 is 1.57 bits per heavy atom. The fourth-order valence-corrected chi connectivity index (χ4v) is 4.40. The van der Waals surface area contributed by atoms with Crippen molar-refractivity contribution in [1.29, 1.82) is 0 Å². The average Bonchev–Trinajstić information content (AvgIpc) is 2.79. The van der Waals surface area contributed by atoms with Gasteiger partial charge in [0, 0.05) is 16.2 Å². The van der Waals surface area contributed by atoms with E-state index < -0.39 is 0 Å². The average molecular weight is 413 g/mol. The largest absolute Gasteiger partial charge is 0.469 e. The van der Waals surface area contributed by atoms with Crippen LogP contribution in [0.5, 0.6) is 0 Å². The van der Waals surface area contributed by atoms with E-state index in [1.54, 1.807) is 11.8 Å². The zero-order chi connectivity index (χ0) is 20.9. The third-order valence-corrected chi connectivity index (χ3v) is 6.27. The van der Waals surface area contributed by atoms with Crippen LogP contribution in [-0.4, -0.2) is 13.1 Å². The molecule has 4 rings (SSSR count). The monoisotopic (exact) mass is 412 g/mol. The summed E-state index contributed by atoms with van der Waals surface area (Å²) in [6, 6.07) is 30.2. The zero-order valence-electron chi connectivity index (χ0n) is 17.2. The Kier molecular flexibility index (Phi) is 6.20. The van der Waals surface area contributed by atoms with Gasteiger partial charge in [0.15, 0.2) is 0 Å². The molecule has 0 unspecified atom stereocenters. The van der Waals surface area contributed by atoms with Crippen molar-refractivity contribution in [1.82, 2.24) is 0 Å². The van der Waals surface area contributed by atoms with Gasteiger partial charge in [-0.25, -0.2) is 0 Å². The molecule has 0 aromatic heterocycles. The van der Waals surface area contributed by atoms with Crippen molar-refractivity contribution in [3.8, 4) is 11.1 Å². The van der Waals surface area contributed by atoms with Gasteiger partial charge in [-0.3, -0.25) is 4.79 Å². The third kappa shape index (κ3) is 4.74. The number of fused-ring (bicyclic) bond motifs is 1. The molecular formula is C27H24O2S. The van der Waals surface area contributed by atoms with Crippen molar-refractivity contribution in [2.75, 3.05) is 7.11 Å². The minimum Gasteiger partial charge on any atom is -0.469 e. The molecule has 3 heteroatoms. The van der Waals surface area contributed by atoms with E-state index in [2.05, 4.69) is 91.9 Å². The van der Waals surface area contributed by atoms with Crippen LogP contribution in [0.25, 0.3) is 21.9 Å². The first-order valence-electron chi connectivity index (χ1n) is 10.1. The predicted molar refractivity (Wildman–Crippen MR) is 125 cm³/mol. The Morgan fingerprint density at radius 1 is 0.833 bits per heavy atom. The molecule has 0 bridgehead atoms. The van der Waals surface area contributed by atoms with Gasteiger partial charge in [0.25, 0.3) is 0 Å². The summed E-state index contributed by atoms with van der Waals surface area (Å²) in [7, 11) is 1.43. The number of hydrogen-bond acceptors (Lipinski definition) is 3. The number of carbonyl (C=O) groups excluding carboxylic acids is 1. The first kappa shape index (κ1) is 20.2. The maximum absolute atomic E-state index is 11.3. The van der Waals surface area contributed by atoms with E-state index >= 15 is 0 Å². The summed E-state index contributed by atoms with van der Waals surface area (Å²) >= 11 is 1.75. The smallest absolute Gasteiger partial charge is 0.305 e. The molecule has 0 atom stereocenters. The molecule has 0 spiro atoms. The number of hydrogen-bond donors (Lipinski definition) is 0. The van der Waals surface area contributed by atoms with Crippen LogP contribution in [0.1, 0.15) is 17.5 Å². The van der Waals surface area contributed by atoms with Crippen molar-refractivity contribution in [2.24, 2.45) is 0 Å². The number of aryl methyl sites for hydroxylation is 2. The lowest BCUT2D eigenvalue weighted by Crippen LogP contribution is -2.01. The van der Waals surface area contributed by atoms with E-state index in [0.29, 0.717) is 12.8 Å². The molecule has 0 saturated heterocycles. The van der Waals surface area contributed by atoms with Gasteiger partial charge in [0.05, 0.1) is 7.11 Å². The molecule has 2 nitrogen and oxygen atoms in total. The highest BCUT2D eigenvalue weighted by Gasteiger charge is 2.07. The molecule has 30 heavy (non-hydrogen) atoms. The van der Waals surface area contributed by atoms with Crippen molar-refractivity contribution in [2.45, 2.75) is 29.6 Å². The Morgan fingerprint density at radius 3 is 2.33 bits per heavy atom. The lowest BCUT2D eigenvalue weighted by atomic mass is 9.98. The first-order chi connectivity index (χ1) is 14.6. The van der Waals surface area contributed by atoms with Gasteiger partial charge < -0.3 is 4.74 Å². The molecule has 0 radical (unpaired) electrons. The third-order valence-electron chi connectivity index (χ3n) is 5.27. The van der Waals surface area contributed by atoms with Gasteiger partial charge in [-0.1, -0.05) is 66.4 Å². The fraction of sp³-hybridized carbons (Fsp3) is 0.148. The molecule has 0 aliphatic carbocycles. The summed E-state index contributed by atoms with van der Waals surface area (Å²) in [5, 5.41) is 2.52. The van der Waals surface area contributed by atoms with Crippen LogP contribution in [0.4, 0.5) is 0 Å². The number of esters is 1. The lowest BCUT2D eigenvalue weighted by molar-refractivity contribution is -0.140. The zero-order valence-corrected chi connectivity index (χ0v) is 18.0. The Bertz CT molecular complexity index is 1180. The minimum atomic E-state index is -0.172. The van der Waals surface area contributed by atoms with E-state index in [1.807, 2.05) is 0 Å². The molecule has 0 heterocycles. The molecular weight excluding hydrogens is 388 g/mol. The molecule has 4 aromatic carbocycles. The van der Waals surface area contributed by atoms with Crippen molar-refractivity contribution < 1.29 is 9.53 Å². The second-order valence-electron chi connectivity index (χ2n) is 7.36. The predicted octanol–water partition coefficient (Wildman–Crippen LogP) is 7.07. The van der Waals surface area contributed by atoms with Crippen LogP contribution in [0.15, 0.2) is 94.7 Å². The van der Waals surface area contributed by atoms with E-state index in [1.165, 1.54) is 44.4 Å². The Balaban J connectivity index is 1.53. The summed E-state index contributed by atoms with van der Waals surface area (Å²) < 4.78 is 4.71. The number of ether oxygens (including phenoxy) is 1. The molecule has 0 aliphatic rings. The van der Waals surface area contributed by atoms with Crippen LogP contribution < -0.4 is 0 Å². The topological polar surface area (TPSA) is 26.3 Å². The van der Waals surface area contributed by atoms with E-state index in [9.17, 15) is 4.79 Å². The van der Waals surface area contributed by atoms with Crippen LogP contribution >= 0.6 is 11.8 Å². The molecule has 4 aromatic rings. The SMILES string of the molecule is COC(=O)CCc1ccc(Sc2ccc(C)c(-c3ccc4ccccc4c3)c2)cc1. The quantitative estimate of drug-likeness (QED) is 0.317. The van der Waals surface area contributed by atoms with E-state index in [0.717, 1.165) is 5.56 Å². The summed E-state index contributed by atoms with van der Waals surface area (Å²) in [6.45, 7) is 2.16. The van der Waals surface area contributed by atoms with Gasteiger partial charge in [-0.05, 0) is 76.7 Å². The second-order valence-corrected chi connectivity index (χ2v) is 8.51. The molecule has 0 amide bonds. The molecule has 0 fully saturated rings. The molecule has 150 valence electrons. The van der Waals surface area contributed by atoms with Crippen LogP contribution in [0.2, 0.25) is 0 Å². The maximum Gasteiger partial charge on any atom is 0.305 e. The lowest BCUT2D eigenvalue weighted by Gasteiger charge is -2.11. The molecule has 0 saturated carbocycles. The molecule has 0 N–H and O–H groups in total. The maximum atomic E-state index is 11.3. The summed E-state index contributed by atoms with van der Waals surface area (Å²) in [4.78, 5) is 13.7. The van der Waals surface area contributed by atoms with Crippen molar-refractivity contribution in [3.05, 3.63) is 96.1 Å². The van der Waals surface area contributed by atoms with E-state index in [-0.39, 0.29) is 5.97 Å². The van der Waals surface area contributed by atoms with E-state index in [4.69, 9.17) is 4.74 Å². The number of carbonyl (C=O) groups is 1. The Labute approximate surface area is 181 Å². The van der Waals surface area contributed by atoms with Gasteiger partial charge in [-0.15, -0.1) is 0 Å².